The number of hydrogen-bond acceptors (Lipinski definition) is 4. The number of aliphatic carboxylic acids is 1. The number of carbonyl (C=O) groups is 2. The van der Waals surface area contributed by atoms with Crippen molar-refractivity contribution in [3.63, 3.8) is 0 Å². The molecule has 1 aliphatic heterocycles. The van der Waals surface area contributed by atoms with Crippen LogP contribution in [0.25, 0.3) is 0 Å². The molecule has 2 rings (SSSR count). The molecule has 1 saturated heterocycles. The average molecular weight is 335 g/mol. The Morgan fingerprint density at radius 1 is 1.29 bits per heavy atom. The lowest BCUT2D eigenvalue weighted by Crippen LogP contribution is -2.47. The topological polar surface area (TPSA) is 84.9 Å². The molecule has 0 spiro atoms. The first kappa shape index (κ1) is 18.3. The maximum Gasteiger partial charge on any atom is 0.311 e. The molecule has 0 aliphatic carbocycles. The summed E-state index contributed by atoms with van der Waals surface area (Å²) in [5.41, 5.74) is 0.130. The van der Waals surface area contributed by atoms with Crippen LogP contribution in [-0.4, -0.2) is 43.9 Å². The second kappa shape index (κ2) is 8.15. The third-order valence-corrected chi connectivity index (χ3v) is 4.65. The first-order chi connectivity index (χ1) is 11.5. The number of carbonyl (C=O) groups excluding carboxylic acids is 1. The van der Waals surface area contributed by atoms with Gasteiger partial charge in [0.05, 0.1) is 12.5 Å². The summed E-state index contributed by atoms with van der Waals surface area (Å²) in [5.74, 6) is -0.449. The van der Waals surface area contributed by atoms with Gasteiger partial charge in [-0.3, -0.25) is 9.59 Å². The predicted octanol–water partition coefficient (Wildman–Crippen LogP) is 1.87. The third kappa shape index (κ3) is 4.47. The van der Waals surface area contributed by atoms with Crippen molar-refractivity contribution in [3.8, 4) is 5.75 Å². The molecule has 0 aromatic heterocycles. The summed E-state index contributed by atoms with van der Waals surface area (Å²) in [6.07, 6.45) is 1.45. The van der Waals surface area contributed by atoms with Crippen molar-refractivity contribution in [2.45, 2.75) is 26.2 Å². The highest BCUT2D eigenvalue weighted by Crippen LogP contribution is 2.30. The van der Waals surface area contributed by atoms with E-state index in [1.807, 2.05) is 31.2 Å². The number of benzene rings is 1. The lowest BCUT2D eigenvalue weighted by molar-refractivity contribution is -0.154. The lowest BCUT2D eigenvalue weighted by Gasteiger charge is -2.33. The monoisotopic (exact) mass is 335 g/mol. The van der Waals surface area contributed by atoms with Gasteiger partial charge in [0.15, 0.2) is 0 Å². The Bertz CT molecular complexity index is 563. The maximum atomic E-state index is 12.3. The molecule has 1 aromatic rings. The van der Waals surface area contributed by atoms with E-state index in [4.69, 9.17) is 9.47 Å². The van der Waals surface area contributed by atoms with Gasteiger partial charge in [0.2, 0.25) is 5.91 Å². The van der Waals surface area contributed by atoms with Crippen molar-refractivity contribution in [1.82, 2.24) is 5.32 Å². The Balaban J connectivity index is 1.89. The van der Waals surface area contributed by atoms with Gasteiger partial charge in [-0.25, -0.2) is 0 Å². The smallest absolute Gasteiger partial charge is 0.311 e. The Morgan fingerprint density at radius 3 is 2.46 bits per heavy atom. The molecular weight excluding hydrogens is 310 g/mol. The van der Waals surface area contributed by atoms with E-state index in [0.29, 0.717) is 32.5 Å². The second-order valence-electron chi connectivity index (χ2n) is 6.37. The zero-order valence-electron chi connectivity index (χ0n) is 14.2. The fourth-order valence-corrected chi connectivity index (χ4v) is 2.87. The summed E-state index contributed by atoms with van der Waals surface area (Å²) >= 11 is 0. The quantitative estimate of drug-likeness (QED) is 0.795. The maximum absolute atomic E-state index is 12.3. The van der Waals surface area contributed by atoms with E-state index in [-0.39, 0.29) is 18.4 Å². The molecule has 132 valence electrons. The van der Waals surface area contributed by atoms with Crippen LogP contribution in [0.3, 0.4) is 0 Å². The highest BCUT2D eigenvalue weighted by molar-refractivity contribution is 5.80. The Labute approximate surface area is 142 Å². The van der Waals surface area contributed by atoms with Gasteiger partial charge >= 0.3 is 5.97 Å². The minimum Gasteiger partial charge on any atom is -0.497 e. The zero-order chi connectivity index (χ0) is 17.6. The van der Waals surface area contributed by atoms with Crippen molar-refractivity contribution in [2.75, 3.05) is 26.9 Å². The fraction of sp³-hybridized carbons (Fsp3) is 0.556. The number of carboxylic acid groups (broad SMARTS) is 1. The third-order valence-electron chi connectivity index (χ3n) is 4.65. The molecule has 1 fully saturated rings. The molecule has 0 bridgehead atoms. The van der Waals surface area contributed by atoms with Gasteiger partial charge in [0.25, 0.3) is 0 Å². The van der Waals surface area contributed by atoms with Gasteiger partial charge < -0.3 is 19.9 Å². The Morgan fingerprint density at radius 2 is 1.92 bits per heavy atom. The first-order valence-electron chi connectivity index (χ1n) is 8.18. The summed E-state index contributed by atoms with van der Waals surface area (Å²) in [4.78, 5) is 23.9. The number of rotatable bonds is 7. The molecule has 2 N–H and O–H groups in total. The van der Waals surface area contributed by atoms with Crippen LogP contribution in [-0.2, 0) is 20.7 Å². The van der Waals surface area contributed by atoms with E-state index < -0.39 is 11.4 Å². The van der Waals surface area contributed by atoms with E-state index in [9.17, 15) is 14.7 Å². The van der Waals surface area contributed by atoms with Crippen molar-refractivity contribution in [1.29, 1.82) is 0 Å². The largest absolute Gasteiger partial charge is 0.497 e. The first-order valence-corrected chi connectivity index (χ1v) is 8.18. The molecule has 6 nitrogen and oxygen atoms in total. The Kier molecular flexibility index (Phi) is 6.20. The molecule has 1 atom stereocenters. The number of methoxy groups -OCH3 is 1. The van der Waals surface area contributed by atoms with Crippen molar-refractivity contribution < 1.29 is 24.2 Å². The summed E-state index contributed by atoms with van der Waals surface area (Å²) in [6.45, 7) is 2.83. The number of hydrogen-bond donors (Lipinski definition) is 2. The van der Waals surface area contributed by atoms with Gasteiger partial charge in [0.1, 0.15) is 5.75 Å². The number of ether oxygens (including phenoxy) is 2. The molecule has 1 amide bonds. The molecule has 1 unspecified atom stereocenters. The van der Waals surface area contributed by atoms with Gasteiger partial charge in [-0.1, -0.05) is 19.1 Å². The summed E-state index contributed by atoms with van der Waals surface area (Å²) < 4.78 is 10.4. The minimum atomic E-state index is -0.909. The molecule has 1 aliphatic rings. The van der Waals surface area contributed by atoms with E-state index in [0.717, 1.165) is 11.3 Å². The van der Waals surface area contributed by atoms with Crippen LogP contribution in [0.2, 0.25) is 0 Å². The van der Waals surface area contributed by atoms with Crippen LogP contribution in [0, 0.1) is 11.3 Å². The average Bonchev–Trinajstić information content (AvgIpc) is 2.61. The zero-order valence-corrected chi connectivity index (χ0v) is 14.2. The van der Waals surface area contributed by atoms with Crippen LogP contribution in [0.4, 0.5) is 0 Å². The SMILES string of the molecule is COc1ccc(CC(C)C(=O)NCC2(C(=O)O)CCOCC2)cc1. The molecular formula is C18H25NO5. The number of carboxylic acids is 1. The summed E-state index contributed by atoms with van der Waals surface area (Å²) in [6, 6.07) is 7.59. The van der Waals surface area contributed by atoms with Crippen molar-refractivity contribution in [3.05, 3.63) is 29.8 Å². The highest BCUT2D eigenvalue weighted by Gasteiger charge is 2.40. The minimum absolute atomic E-state index is 0.127. The van der Waals surface area contributed by atoms with E-state index in [1.54, 1.807) is 7.11 Å². The van der Waals surface area contributed by atoms with Crippen LogP contribution in [0.1, 0.15) is 25.3 Å². The Hall–Kier alpha value is -2.08. The van der Waals surface area contributed by atoms with Crippen LogP contribution < -0.4 is 10.1 Å². The predicted molar refractivity (Wildman–Crippen MR) is 89.0 cm³/mol. The van der Waals surface area contributed by atoms with Crippen LogP contribution in [0.5, 0.6) is 5.75 Å². The number of nitrogens with one attached hydrogen (secondary N) is 1. The fourth-order valence-electron chi connectivity index (χ4n) is 2.87. The van der Waals surface area contributed by atoms with E-state index in [2.05, 4.69) is 5.32 Å². The molecule has 1 aromatic carbocycles. The van der Waals surface area contributed by atoms with Gasteiger partial charge in [-0.15, -0.1) is 0 Å². The second-order valence-corrected chi connectivity index (χ2v) is 6.37. The summed E-state index contributed by atoms with van der Waals surface area (Å²) in [5, 5.41) is 12.3. The standard InChI is InChI=1S/C18H25NO5/c1-13(11-14-3-5-15(23-2)6-4-14)16(20)19-12-18(17(21)22)7-9-24-10-8-18/h3-6,13H,7-12H2,1-2H3,(H,19,20)(H,21,22). The van der Waals surface area contributed by atoms with E-state index in [1.165, 1.54) is 0 Å². The molecule has 24 heavy (non-hydrogen) atoms. The number of amides is 1. The molecule has 6 heteroatoms. The van der Waals surface area contributed by atoms with Crippen LogP contribution >= 0.6 is 0 Å². The molecule has 0 saturated carbocycles. The lowest BCUT2D eigenvalue weighted by atomic mass is 9.80. The van der Waals surface area contributed by atoms with Crippen LogP contribution in [0.15, 0.2) is 24.3 Å². The molecule has 1 heterocycles. The van der Waals surface area contributed by atoms with E-state index >= 15 is 0 Å². The van der Waals surface area contributed by atoms with Gasteiger partial charge in [-0.2, -0.15) is 0 Å². The van der Waals surface area contributed by atoms with Gasteiger partial charge in [0, 0.05) is 25.7 Å². The highest BCUT2D eigenvalue weighted by atomic mass is 16.5. The summed E-state index contributed by atoms with van der Waals surface area (Å²) in [7, 11) is 1.61. The van der Waals surface area contributed by atoms with Gasteiger partial charge in [-0.05, 0) is 37.0 Å². The normalized spacial score (nSPS) is 17.8. The van der Waals surface area contributed by atoms with Crippen molar-refractivity contribution in [2.24, 2.45) is 11.3 Å². The molecule has 0 radical (unpaired) electrons. The van der Waals surface area contributed by atoms with Crippen molar-refractivity contribution >= 4 is 11.9 Å².